The van der Waals surface area contributed by atoms with E-state index in [9.17, 15) is 4.79 Å². The summed E-state index contributed by atoms with van der Waals surface area (Å²) >= 11 is 0. The van der Waals surface area contributed by atoms with Crippen molar-refractivity contribution in [3.63, 3.8) is 0 Å². The second-order valence-electron chi connectivity index (χ2n) is 4.20. The number of carbonyl (C=O) groups excluding carboxylic acids is 1. The third-order valence-electron chi connectivity index (χ3n) is 2.66. The number of unbranched alkanes of at least 4 members (excludes halogenated alkanes) is 1. The van der Waals surface area contributed by atoms with Gasteiger partial charge in [0.15, 0.2) is 0 Å². The maximum Gasteiger partial charge on any atom is 0.225 e. The van der Waals surface area contributed by atoms with E-state index < -0.39 is 0 Å². The highest BCUT2D eigenvalue weighted by molar-refractivity contribution is 5.90. The van der Waals surface area contributed by atoms with Gasteiger partial charge in [-0.2, -0.15) is 0 Å². The lowest BCUT2D eigenvalue weighted by Gasteiger charge is -2.06. The van der Waals surface area contributed by atoms with Crippen LogP contribution in [0, 0.1) is 0 Å². The van der Waals surface area contributed by atoms with E-state index in [0.29, 0.717) is 13.0 Å². The fourth-order valence-corrected chi connectivity index (χ4v) is 1.60. The molecule has 0 fully saturated rings. The molecular formula is C14H23ClN2O. The van der Waals surface area contributed by atoms with E-state index in [-0.39, 0.29) is 18.3 Å². The molecule has 1 aromatic rings. The monoisotopic (exact) mass is 270 g/mol. The molecule has 0 atom stereocenters. The molecular weight excluding hydrogens is 248 g/mol. The Balaban J connectivity index is 0.00000289. The molecule has 0 radical (unpaired) electrons. The van der Waals surface area contributed by atoms with Crippen LogP contribution in [0.4, 0.5) is 5.69 Å². The smallest absolute Gasteiger partial charge is 0.225 e. The number of hydrogen-bond acceptors (Lipinski definition) is 2. The fraction of sp³-hybridized carbons (Fsp3) is 0.500. The maximum absolute atomic E-state index is 11.5. The molecule has 1 rings (SSSR count). The second kappa shape index (κ2) is 9.92. The molecule has 0 aliphatic rings. The summed E-state index contributed by atoms with van der Waals surface area (Å²) in [5, 5.41) is 5.84. The molecule has 1 aromatic carbocycles. The Morgan fingerprint density at radius 2 is 1.89 bits per heavy atom. The molecule has 0 aromatic heterocycles. The number of benzene rings is 1. The predicted molar refractivity (Wildman–Crippen MR) is 79.5 cm³/mol. The summed E-state index contributed by atoms with van der Waals surface area (Å²) in [7, 11) is 1.84. The van der Waals surface area contributed by atoms with E-state index >= 15 is 0 Å². The third kappa shape index (κ3) is 6.62. The standard InChI is InChI=1S/C14H22N2O.ClH/c1-3-4-5-12-6-8-13(9-7-12)16-14(17)10-11-15-2;/h6-9,15H,3-5,10-11H2,1-2H3,(H,16,17);1H. The van der Waals surface area contributed by atoms with Gasteiger partial charge in [-0.15, -0.1) is 12.4 Å². The highest BCUT2D eigenvalue weighted by atomic mass is 35.5. The van der Waals surface area contributed by atoms with E-state index in [0.717, 1.165) is 12.1 Å². The molecule has 0 saturated carbocycles. The van der Waals surface area contributed by atoms with Crippen molar-refractivity contribution in [3.05, 3.63) is 29.8 Å². The molecule has 0 saturated heterocycles. The normalized spacial score (nSPS) is 9.67. The van der Waals surface area contributed by atoms with Gasteiger partial charge in [-0.25, -0.2) is 0 Å². The molecule has 0 unspecified atom stereocenters. The minimum absolute atomic E-state index is 0. The summed E-state index contributed by atoms with van der Waals surface area (Å²) in [5.41, 5.74) is 2.21. The SMILES string of the molecule is CCCCc1ccc(NC(=O)CCNC)cc1.Cl. The van der Waals surface area contributed by atoms with Crippen LogP contribution in [0.3, 0.4) is 0 Å². The van der Waals surface area contributed by atoms with Gasteiger partial charge in [-0.1, -0.05) is 25.5 Å². The minimum atomic E-state index is 0. The lowest BCUT2D eigenvalue weighted by molar-refractivity contribution is -0.116. The number of carbonyl (C=O) groups is 1. The predicted octanol–water partition coefficient (Wildman–Crippen LogP) is 3.00. The van der Waals surface area contributed by atoms with Gasteiger partial charge < -0.3 is 10.6 Å². The van der Waals surface area contributed by atoms with Gasteiger partial charge in [0.05, 0.1) is 0 Å². The first-order valence-electron chi connectivity index (χ1n) is 6.29. The molecule has 102 valence electrons. The van der Waals surface area contributed by atoms with Crippen LogP contribution in [-0.2, 0) is 11.2 Å². The van der Waals surface area contributed by atoms with Crippen molar-refractivity contribution in [3.8, 4) is 0 Å². The number of halogens is 1. The van der Waals surface area contributed by atoms with E-state index in [4.69, 9.17) is 0 Å². The summed E-state index contributed by atoms with van der Waals surface area (Å²) in [6.07, 6.45) is 4.05. The Morgan fingerprint density at radius 3 is 2.44 bits per heavy atom. The van der Waals surface area contributed by atoms with Crippen LogP contribution in [0.25, 0.3) is 0 Å². The molecule has 3 nitrogen and oxygen atoms in total. The summed E-state index contributed by atoms with van der Waals surface area (Å²) in [6, 6.07) is 8.12. The number of anilines is 1. The first-order valence-corrected chi connectivity index (χ1v) is 6.29. The van der Waals surface area contributed by atoms with Crippen molar-refractivity contribution in [2.45, 2.75) is 32.6 Å². The zero-order chi connectivity index (χ0) is 12.5. The van der Waals surface area contributed by atoms with E-state index in [1.165, 1.54) is 18.4 Å². The topological polar surface area (TPSA) is 41.1 Å². The quantitative estimate of drug-likeness (QED) is 0.800. The van der Waals surface area contributed by atoms with Gasteiger partial charge in [0, 0.05) is 18.7 Å². The van der Waals surface area contributed by atoms with Crippen molar-refractivity contribution in [1.82, 2.24) is 5.32 Å². The largest absolute Gasteiger partial charge is 0.326 e. The molecule has 4 heteroatoms. The Bertz CT molecular complexity index is 338. The minimum Gasteiger partial charge on any atom is -0.326 e. The highest BCUT2D eigenvalue weighted by Crippen LogP contribution is 2.11. The molecule has 0 aliphatic heterocycles. The van der Waals surface area contributed by atoms with E-state index in [1.807, 2.05) is 19.2 Å². The molecule has 18 heavy (non-hydrogen) atoms. The number of nitrogens with one attached hydrogen (secondary N) is 2. The summed E-state index contributed by atoms with van der Waals surface area (Å²) < 4.78 is 0. The molecule has 1 amide bonds. The Kier molecular flexibility index (Phi) is 9.33. The van der Waals surface area contributed by atoms with E-state index in [1.54, 1.807) is 0 Å². The Hall–Kier alpha value is -1.06. The molecule has 0 aliphatic carbocycles. The first kappa shape index (κ1) is 16.9. The van der Waals surface area contributed by atoms with Crippen molar-refractivity contribution in [2.24, 2.45) is 0 Å². The van der Waals surface area contributed by atoms with Crippen molar-refractivity contribution >= 4 is 24.0 Å². The maximum atomic E-state index is 11.5. The van der Waals surface area contributed by atoms with Crippen LogP contribution in [-0.4, -0.2) is 19.5 Å². The second-order valence-corrected chi connectivity index (χ2v) is 4.20. The summed E-state index contributed by atoms with van der Waals surface area (Å²) in [6.45, 7) is 2.90. The van der Waals surface area contributed by atoms with Crippen LogP contribution >= 0.6 is 12.4 Å². The summed E-state index contributed by atoms with van der Waals surface area (Å²) in [5.74, 6) is 0.0562. The Morgan fingerprint density at radius 1 is 1.22 bits per heavy atom. The number of aryl methyl sites for hydroxylation is 1. The Labute approximate surface area is 116 Å². The highest BCUT2D eigenvalue weighted by Gasteiger charge is 2.01. The van der Waals surface area contributed by atoms with Crippen LogP contribution in [0.15, 0.2) is 24.3 Å². The molecule has 2 N–H and O–H groups in total. The van der Waals surface area contributed by atoms with Crippen LogP contribution in [0.2, 0.25) is 0 Å². The first-order chi connectivity index (χ1) is 8.26. The fourth-order valence-electron chi connectivity index (χ4n) is 1.60. The molecule has 0 heterocycles. The van der Waals surface area contributed by atoms with Gasteiger partial charge in [0.1, 0.15) is 0 Å². The number of hydrogen-bond donors (Lipinski definition) is 2. The van der Waals surface area contributed by atoms with Gasteiger partial charge in [0.2, 0.25) is 5.91 Å². The summed E-state index contributed by atoms with van der Waals surface area (Å²) in [4.78, 5) is 11.5. The van der Waals surface area contributed by atoms with Gasteiger partial charge in [-0.3, -0.25) is 4.79 Å². The van der Waals surface area contributed by atoms with Crippen LogP contribution in [0.5, 0.6) is 0 Å². The lowest BCUT2D eigenvalue weighted by atomic mass is 10.1. The van der Waals surface area contributed by atoms with Crippen LogP contribution < -0.4 is 10.6 Å². The van der Waals surface area contributed by atoms with Gasteiger partial charge in [0.25, 0.3) is 0 Å². The number of amides is 1. The van der Waals surface area contributed by atoms with Crippen molar-refractivity contribution in [1.29, 1.82) is 0 Å². The lowest BCUT2D eigenvalue weighted by Crippen LogP contribution is -2.18. The third-order valence-corrected chi connectivity index (χ3v) is 2.66. The van der Waals surface area contributed by atoms with Crippen molar-refractivity contribution in [2.75, 3.05) is 18.9 Å². The average Bonchev–Trinajstić information content (AvgIpc) is 2.35. The van der Waals surface area contributed by atoms with Gasteiger partial charge in [-0.05, 0) is 37.6 Å². The van der Waals surface area contributed by atoms with E-state index in [2.05, 4.69) is 29.7 Å². The zero-order valence-electron chi connectivity index (χ0n) is 11.2. The average molecular weight is 271 g/mol. The molecule has 0 bridgehead atoms. The zero-order valence-corrected chi connectivity index (χ0v) is 12.0. The van der Waals surface area contributed by atoms with Gasteiger partial charge >= 0.3 is 0 Å². The van der Waals surface area contributed by atoms with Crippen molar-refractivity contribution < 1.29 is 4.79 Å². The number of rotatable bonds is 7. The molecule has 0 spiro atoms. The van der Waals surface area contributed by atoms with Crippen LogP contribution in [0.1, 0.15) is 31.7 Å².